The molecule has 2 rings (SSSR count). The van der Waals surface area contributed by atoms with E-state index in [1.165, 1.54) is 6.07 Å². The predicted molar refractivity (Wildman–Crippen MR) is 90.7 cm³/mol. The summed E-state index contributed by atoms with van der Waals surface area (Å²) in [5.74, 6) is 0.231. The van der Waals surface area contributed by atoms with E-state index in [0.29, 0.717) is 22.9 Å². The van der Waals surface area contributed by atoms with Crippen LogP contribution in [-0.2, 0) is 4.79 Å². The van der Waals surface area contributed by atoms with Crippen LogP contribution in [0.15, 0.2) is 48.5 Å². The summed E-state index contributed by atoms with van der Waals surface area (Å²) >= 11 is 6.09. The molecule has 0 aliphatic heterocycles. The first-order valence-corrected chi connectivity index (χ1v) is 7.67. The molecule has 0 N–H and O–H groups in total. The molecule has 0 bridgehead atoms. The predicted octanol–water partition coefficient (Wildman–Crippen LogP) is 4.03. The summed E-state index contributed by atoms with van der Waals surface area (Å²) in [6.45, 7) is 4.13. The van der Waals surface area contributed by atoms with E-state index in [-0.39, 0.29) is 5.91 Å². The van der Waals surface area contributed by atoms with Gasteiger partial charge in [-0.1, -0.05) is 29.8 Å². The molecule has 0 radical (unpaired) electrons. The largest absolute Gasteiger partial charge is 0.479 e. The minimum atomic E-state index is -0.694. The molecule has 1 amide bonds. The second-order valence-electron chi connectivity index (χ2n) is 4.94. The van der Waals surface area contributed by atoms with Crippen molar-refractivity contribution in [2.45, 2.75) is 20.0 Å². The first-order chi connectivity index (χ1) is 11.1. The Morgan fingerprint density at radius 2 is 2.00 bits per heavy atom. The number of ether oxygens (including phenoxy) is 1. The zero-order valence-corrected chi connectivity index (χ0v) is 13.7. The van der Waals surface area contributed by atoms with Crippen molar-refractivity contribution < 1.29 is 9.53 Å². The van der Waals surface area contributed by atoms with Crippen molar-refractivity contribution in [3.05, 3.63) is 59.1 Å². The van der Waals surface area contributed by atoms with Crippen LogP contribution >= 0.6 is 11.6 Å². The second kappa shape index (κ2) is 7.66. The number of benzene rings is 2. The van der Waals surface area contributed by atoms with Gasteiger partial charge in [0.1, 0.15) is 5.75 Å². The lowest BCUT2D eigenvalue weighted by molar-refractivity contribution is -0.124. The van der Waals surface area contributed by atoms with Gasteiger partial charge in [-0.15, -0.1) is 0 Å². The monoisotopic (exact) mass is 328 g/mol. The fourth-order valence-corrected chi connectivity index (χ4v) is 2.42. The Kier molecular flexibility index (Phi) is 5.61. The van der Waals surface area contributed by atoms with Gasteiger partial charge < -0.3 is 9.64 Å². The summed E-state index contributed by atoms with van der Waals surface area (Å²) in [4.78, 5) is 14.3. The molecule has 2 aromatic carbocycles. The molecule has 4 nitrogen and oxygen atoms in total. The Labute approximate surface area is 140 Å². The molecule has 0 saturated carbocycles. The van der Waals surface area contributed by atoms with E-state index < -0.39 is 6.10 Å². The van der Waals surface area contributed by atoms with Crippen molar-refractivity contribution in [3.63, 3.8) is 0 Å². The van der Waals surface area contributed by atoms with Crippen molar-refractivity contribution in [3.8, 4) is 11.8 Å². The fourth-order valence-electron chi connectivity index (χ4n) is 2.20. The Balaban J connectivity index is 2.15. The Hall–Kier alpha value is -2.51. The lowest BCUT2D eigenvalue weighted by Gasteiger charge is -2.25. The molecule has 5 heteroatoms. The highest BCUT2D eigenvalue weighted by Crippen LogP contribution is 2.27. The van der Waals surface area contributed by atoms with Crippen molar-refractivity contribution >= 4 is 23.2 Å². The summed E-state index contributed by atoms with van der Waals surface area (Å²) in [5.41, 5.74) is 1.27. The summed E-state index contributed by atoms with van der Waals surface area (Å²) in [5, 5.41) is 9.16. The van der Waals surface area contributed by atoms with Crippen molar-refractivity contribution in [2.24, 2.45) is 0 Å². The SMILES string of the molecule is CCN(C(=O)C(C)Oc1ccc(C#N)cc1Cl)c1ccccc1. The molecule has 23 heavy (non-hydrogen) atoms. The van der Waals surface area contributed by atoms with Gasteiger partial charge in [0, 0.05) is 12.2 Å². The zero-order valence-electron chi connectivity index (χ0n) is 13.0. The molecule has 0 aromatic heterocycles. The smallest absolute Gasteiger partial charge is 0.267 e. The molecule has 2 aromatic rings. The third-order valence-electron chi connectivity index (χ3n) is 3.36. The number of halogens is 1. The van der Waals surface area contributed by atoms with Crippen molar-refractivity contribution in [2.75, 3.05) is 11.4 Å². The first kappa shape index (κ1) is 16.9. The van der Waals surface area contributed by atoms with Crippen LogP contribution in [0, 0.1) is 11.3 Å². The number of hydrogen-bond donors (Lipinski definition) is 0. The lowest BCUT2D eigenvalue weighted by Crippen LogP contribution is -2.40. The van der Waals surface area contributed by atoms with Gasteiger partial charge in [0.2, 0.25) is 0 Å². The number of para-hydroxylation sites is 1. The maximum Gasteiger partial charge on any atom is 0.267 e. The van der Waals surface area contributed by atoms with E-state index in [1.807, 2.05) is 43.3 Å². The quantitative estimate of drug-likeness (QED) is 0.832. The van der Waals surface area contributed by atoms with Crippen LogP contribution in [0.2, 0.25) is 5.02 Å². The maximum atomic E-state index is 12.6. The number of carbonyl (C=O) groups is 1. The van der Waals surface area contributed by atoms with Crippen LogP contribution in [-0.4, -0.2) is 18.6 Å². The second-order valence-corrected chi connectivity index (χ2v) is 5.34. The van der Waals surface area contributed by atoms with Gasteiger partial charge in [-0.2, -0.15) is 5.26 Å². The summed E-state index contributed by atoms with van der Waals surface area (Å²) in [6.07, 6.45) is -0.694. The maximum absolute atomic E-state index is 12.6. The highest BCUT2D eigenvalue weighted by Gasteiger charge is 2.23. The third kappa shape index (κ3) is 4.02. The Bertz CT molecular complexity index is 726. The number of nitrogens with zero attached hydrogens (tertiary/aromatic N) is 2. The molecule has 118 valence electrons. The average Bonchev–Trinajstić information content (AvgIpc) is 2.58. The lowest BCUT2D eigenvalue weighted by atomic mass is 10.2. The highest BCUT2D eigenvalue weighted by atomic mass is 35.5. The molecule has 0 saturated heterocycles. The van der Waals surface area contributed by atoms with Gasteiger partial charge in [0.25, 0.3) is 5.91 Å². The number of rotatable bonds is 5. The normalized spacial score (nSPS) is 11.4. The highest BCUT2D eigenvalue weighted by molar-refractivity contribution is 6.32. The first-order valence-electron chi connectivity index (χ1n) is 7.29. The van der Waals surface area contributed by atoms with Gasteiger partial charge in [0.15, 0.2) is 6.10 Å². The number of carbonyl (C=O) groups excluding carboxylic acids is 1. The number of likely N-dealkylation sites (N-methyl/N-ethyl adjacent to an activating group) is 1. The molecule has 0 fully saturated rings. The van der Waals surface area contributed by atoms with Gasteiger partial charge >= 0.3 is 0 Å². The van der Waals surface area contributed by atoms with E-state index in [0.717, 1.165) is 5.69 Å². The van der Waals surface area contributed by atoms with Gasteiger partial charge in [0.05, 0.1) is 16.7 Å². The summed E-state index contributed by atoms with van der Waals surface area (Å²) in [6, 6.07) is 16.1. The van der Waals surface area contributed by atoms with Crippen LogP contribution < -0.4 is 9.64 Å². The average molecular weight is 329 g/mol. The Morgan fingerprint density at radius 1 is 1.30 bits per heavy atom. The van der Waals surface area contributed by atoms with Crippen molar-refractivity contribution in [1.82, 2.24) is 0 Å². The van der Waals surface area contributed by atoms with Crippen molar-refractivity contribution in [1.29, 1.82) is 5.26 Å². The van der Waals surface area contributed by atoms with E-state index in [2.05, 4.69) is 0 Å². The van der Waals surface area contributed by atoms with E-state index >= 15 is 0 Å². The zero-order chi connectivity index (χ0) is 16.8. The number of nitriles is 1. The van der Waals surface area contributed by atoms with E-state index in [1.54, 1.807) is 24.0 Å². The number of hydrogen-bond acceptors (Lipinski definition) is 3. The van der Waals surface area contributed by atoms with Gasteiger partial charge in [-0.05, 0) is 44.2 Å². The minimum absolute atomic E-state index is 0.154. The minimum Gasteiger partial charge on any atom is -0.479 e. The van der Waals surface area contributed by atoms with E-state index in [9.17, 15) is 4.79 Å². The molecule has 1 atom stereocenters. The standard InChI is InChI=1S/C18H17ClN2O2/c1-3-21(15-7-5-4-6-8-15)18(22)13(2)23-17-10-9-14(12-20)11-16(17)19/h4-11,13H,3H2,1-2H3. The molecular formula is C18H17ClN2O2. The number of anilines is 1. The van der Waals surface area contributed by atoms with Gasteiger partial charge in [-0.25, -0.2) is 0 Å². The molecule has 0 aliphatic rings. The van der Waals surface area contributed by atoms with E-state index in [4.69, 9.17) is 21.6 Å². The number of amides is 1. The molecule has 0 spiro atoms. The third-order valence-corrected chi connectivity index (χ3v) is 3.66. The van der Waals surface area contributed by atoms with Crippen LogP contribution in [0.25, 0.3) is 0 Å². The van der Waals surface area contributed by atoms with Crippen LogP contribution in [0.5, 0.6) is 5.75 Å². The Morgan fingerprint density at radius 3 is 2.57 bits per heavy atom. The molecule has 1 unspecified atom stereocenters. The topological polar surface area (TPSA) is 53.3 Å². The summed E-state index contributed by atoms with van der Waals surface area (Å²) < 4.78 is 5.68. The molecule has 0 aliphatic carbocycles. The summed E-state index contributed by atoms with van der Waals surface area (Å²) in [7, 11) is 0. The van der Waals surface area contributed by atoms with Crippen LogP contribution in [0.1, 0.15) is 19.4 Å². The van der Waals surface area contributed by atoms with Crippen LogP contribution in [0.3, 0.4) is 0 Å². The fraction of sp³-hybridized carbons (Fsp3) is 0.222. The molecular weight excluding hydrogens is 312 g/mol. The van der Waals surface area contributed by atoms with Crippen LogP contribution in [0.4, 0.5) is 5.69 Å². The molecule has 0 heterocycles. The van der Waals surface area contributed by atoms with Gasteiger partial charge in [-0.3, -0.25) is 4.79 Å².